The third-order valence-corrected chi connectivity index (χ3v) is 4.69. The SMILES string of the molecule is COC(=O)C[C@H]1C=CC[C@H](/C=C/CCC[C@H](C)OCc2ccc(OC)cc2)O1. The van der Waals surface area contributed by atoms with Gasteiger partial charge in [0, 0.05) is 0 Å². The number of carbonyl (C=O) groups excluding carboxylic acids is 1. The number of methoxy groups -OCH3 is 2. The molecule has 28 heavy (non-hydrogen) atoms. The Bertz CT molecular complexity index is 635. The van der Waals surface area contributed by atoms with E-state index in [1.807, 2.05) is 30.3 Å². The molecule has 154 valence electrons. The predicted octanol–water partition coefficient (Wildman–Crippen LogP) is 4.60. The van der Waals surface area contributed by atoms with E-state index in [-0.39, 0.29) is 30.7 Å². The van der Waals surface area contributed by atoms with Gasteiger partial charge in [-0.25, -0.2) is 0 Å². The lowest BCUT2D eigenvalue weighted by Gasteiger charge is -2.23. The summed E-state index contributed by atoms with van der Waals surface area (Å²) in [6.45, 7) is 2.73. The molecular weight excluding hydrogens is 356 g/mol. The number of hydrogen-bond donors (Lipinski definition) is 0. The van der Waals surface area contributed by atoms with E-state index in [0.29, 0.717) is 6.61 Å². The van der Waals surface area contributed by atoms with Gasteiger partial charge in [0.25, 0.3) is 0 Å². The minimum absolute atomic E-state index is 0.0309. The highest BCUT2D eigenvalue weighted by Gasteiger charge is 2.19. The Balaban J connectivity index is 1.59. The van der Waals surface area contributed by atoms with E-state index in [0.717, 1.165) is 37.0 Å². The zero-order chi connectivity index (χ0) is 20.2. The quantitative estimate of drug-likeness (QED) is 0.315. The zero-order valence-electron chi connectivity index (χ0n) is 17.1. The van der Waals surface area contributed by atoms with Crippen molar-refractivity contribution in [3.63, 3.8) is 0 Å². The van der Waals surface area contributed by atoms with Gasteiger partial charge in [-0.15, -0.1) is 0 Å². The molecule has 1 aromatic rings. The summed E-state index contributed by atoms with van der Waals surface area (Å²) in [5.74, 6) is 0.612. The monoisotopic (exact) mass is 388 g/mol. The van der Waals surface area contributed by atoms with Crippen LogP contribution in [0, 0.1) is 0 Å². The molecule has 5 nitrogen and oxygen atoms in total. The van der Waals surface area contributed by atoms with Gasteiger partial charge in [-0.05, 0) is 50.3 Å². The fourth-order valence-corrected chi connectivity index (χ4v) is 2.99. The number of carbonyl (C=O) groups is 1. The van der Waals surface area contributed by atoms with Crippen molar-refractivity contribution >= 4 is 5.97 Å². The number of rotatable bonds is 11. The summed E-state index contributed by atoms with van der Waals surface area (Å²) in [5.41, 5.74) is 1.15. The molecule has 0 fully saturated rings. The number of allylic oxidation sites excluding steroid dienone is 1. The molecule has 0 bridgehead atoms. The number of hydrogen-bond acceptors (Lipinski definition) is 5. The summed E-state index contributed by atoms with van der Waals surface area (Å²) in [7, 11) is 3.06. The Morgan fingerprint density at radius 1 is 1.29 bits per heavy atom. The van der Waals surface area contributed by atoms with Crippen molar-refractivity contribution in [3.05, 3.63) is 54.1 Å². The van der Waals surface area contributed by atoms with Gasteiger partial charge in [0.15, 0.2) is 0 Å². The van der Waals surface area contributed by atoms with E-state index < -0.39 is 0 Å². The Morgan fingerprint density at radius 3 is 2.79 bits per heavy atom. The van der Waals surface area contributed by atoms with Crippen LogP contribution in [0.4, 0.5) is 0 Å². The van der Waals surface area contributed by atoms with Gasteiger partial charge in [-0.1, -0.05) is 36.4 Å². The second kappa shape index (κ2) is 12.4. The van der Waals surface area contributed by atoms with Gasteiger partial charge < -0.3 is 18.9 Å². The number of esters is 1. The maximum Gasteiger partial charge on any atom is 0.308 e. The van der Waals surface area contributed by atoms with Gasteiger partial charge >= 0.3 is 5.97 Å². The molecule has 0 unspecified atom stereocenters. The second-order valence-corrected chi connectivity index (χ2v) is 6.99. The van der Waals surface area contributed by atoms with Crippen molar-refractivity contribution in [2.45, 2.75) is 63.9 Å². The van der Waals surface area contributed by atoms with Crippen LogP contribution in [-0.2, 0) is 25.6 Å². The van der Waals surface area contributed by atoms with Crippen molar-refractivity contribution < 1.29 is 23.7 Å². The van der Waals surface area contributed by atoms with E-state index in [1.54, 1.807) is 7.11 Å². The molecule has 3 atom stereocenters. The Labute approximate surface area is 168 Å². The van der Waals surface area contributed by atoms with E-state index in [4.69, 9.17) is 18.9 Å². The van der Waals surface area contributed by atoms with Gasteiger partial charge in [-0.2, -0.15) is 0 Å². The number of ether oxygens (including phenoxy) is 4. The van der Waals surface area contributed by atoms with Crippen molar-refractivity contribution in [2.24, 2.45) is 0 Å². The summed E-state index contributed by atoms with van der Waals surface area (Å²) in [4.78, 5) is 11.4. The summed E-state index contributed by atoms with van der Waals surface area (Å²) >= 11 is 0. The maximum atomic E-state index is 11.4. The molecule has 0 saturated heterocycles. The molecular formula is C23H32O5. The highest BCUT2D eigenvalue weighted by Crippen LogP contribution is 2.17. The molecule has 1 aliphatic heterocycles. The molecule has 0 aromatic heterocycles. The van der Waals surface area contributed by atoms with Crippen molar-refractivity contribution in [1.29, 1.82) is 0 Å². The van der Waals surface area contributed by atoms with Crippen molar-refractivity contribution in [3.8, 4) is 5.75 Å². The topological polar surface area (TPSA) is 54.0 Å². The first-order valence-corrected chi connectivity index (χ1v) is 9.91. The lowest BCUT2D eigenvalue weighted by atomic mass is 10.1. The third-order valence-electron chi connectivity index (χ3n) is 4.69. The van der Waals surface area contributed by atoms with Crippen LogP contribution < -0.4 is 4.74 Å². The van der Waals surface area contributed by atoms with Crippen molar-refractivity contribution in [2.75, 3.05) is 14.2 Å². The molecule has 0 amide bonds. The van der Waals surface area contributed by atoms with E-state index in [9.17, 15) is 4.79 Å². The van der Waals surface area contributed by atoms with Gasteiger partial charge in [0.2, 0.25) is 0 Å². The Morgan fingerprint density at radius 2 is 2.07 bits per heavy atom. The first kappa shape index (κ1) is 22.2. The molecule has 0 radical (unpaired) electrons. The van der Waals surface area contributed by atoms with Crippen LogP contribution in [0.25, 0.3) is 0 Å². The van der Waals surface area contributed by atoms with Crippen LogP contribution in [0.3, 0.4) is 0 Å². The zero-order valence-corrected chi connectivity index (χ0v) is 17.1. The summed E-state index contributed by atoms with van der Waals surface area (Å²) < 4.78 is 21.7. The van der Waals surface area contributed by atoms with Gasteiger partial charge in [0.1, 0.15) is 5.75 Å². The first-order chi connectivity index (χ1) is 13.6. The fraction of sp³-hybridized carbons (Fsp3) is 0.522. The van der Waals surface area contributed by atoms with Crippen LogP contribution >= 0.6 is 0 Å². The van der Waals surface area contributed by atoms with E-state index in [2.05, 4.69) is 25.2 Å². The standard InChI is InChI=1S/C23H32O5/c1-18(27-17-19-12-14-20(25-2)15-13-19)8-5-4-6-9-21-10-7-11-22(28-21)16-23(24)26-3/h6-7,9,11-15,18,21-22H,4-5,8,10,16-17H2,1-3H3/b9-6+/t18-,21-,22+/m0/s1. The van der Waals surface area contributed by atoms with Crippen molar-refractivity contribution in [1.82, 2.24) is 0 Å². The molecule has 1 heterocycles. The van der Waals surface area contributed by atoms with Crippen LogP contribution in [0.2, 0.25) is 0 Å². The lowest BCUT2D eigenvalue weighted by Crippen LogP contribution is -2.25. The molecule has 0 spiro atoms. The van der Waals surface area contributed by atoms with Gasteiger partial charge in [-0.3, -0.25) is 4.79 Å². The van der Waals surface area contributed by atoms with E-state index >= 15 is 0 Å². The minimum Gasteiger partial charge on any atom is -0.497 e. The molecule has 2 rings (SSSR count). The van der Waals surface area contributed by atoms with Crippen LogP contribution in [-0.4, -0.2) is 38.5 Å². The van der Waals surface area contributed by atoms with Crippen LogP contribution in [0.5, 0.6) is 5.75 Å². The normalized spacial score (nSPS) is 20.2. The molecule has 0 aliphatic carbocycles. The lowest BCUT2D eigenvalue weighted by molar-refractivity contribution is -0.143. The Kier molecular flexibility index (Phi) is 9.80. The smallest absolute Gasteiger partial charge is 0.308 e. The minimum atomic E-state index is -0.247. The molecule has 0 saturated carbocycles. The van der Waals surface area contributed by atoms with E-state index in [1.165, 1.54) is 7.11 Å². The molecule has 0 N–H and O–H groups in total. The second-order valence-electron chi connectivity index (χ2n) is 6.99. The molecule has 1 aliphatic rings. The summed E-state index contributed by atoms with van der Waals surface area (Å²) in [6, 6.07) is 7.96. The average molecular weight is 389 g/mol. The highest BCUT2D eigenvalue weighted by molar-refractivity contribution is 5.70. The average Bonchev–Trinajstić information content (AvgIpc) is 2.72. The number of benzene rings is 1. The largest absolute Gasteiger partial charge is 0.497 e. The van der Waals surface area contributed by atoms with Crippen LogP contribution in [0.1, 0.15) is 44.6 Å². The first-order valence-electron chi connectivity index (χ1n) is 9.91. The number of unbranched alkanes of at least 4 members (excludes halogenated alkanes) is 1. The van der Waals surface area contributed by atoms with Gasteiger partial charge in [0.05, 0.1) is 45.6 Å². The van der Waals surface area contributed by atoms with Crippen LogP contribution in [0.15, 0.2) is 48.6 Å². The maximum absolute atomic E-state index is 11.4. The predicted molar refractivity (Wildman–Crippen MR) is 109 cm³/mol. The molecule has 5 heteroatoms. The fourth-order valence-electron chi connectivity index (χ4n) is 2.99. The summed E-state index contributed by atoms with van der Waals surface area (Å²) in [6.07, 6.45) is 12.5. The third kappa shape index (κ3) is 8.28. The summed E-state index contributed by atoms with van der Waals surface area (Å²) in [5, 5.41) is 0. The highest BCUT2D eigenvalue weighted by atomic mass is 16.5. The molecule has 1 aromatic carbocycles. The Hall–Kier alpha value is -2.11.